The molecule has 2 aliphatic carbocycles. The summed E-state index contributed by atoms with van der Waals surface area (Å²) in [5.74, 6) is 1.14. The van der Waals surface area contributed by atoms with Crippen LogP contribution in [0.4, 0.5) is 0 Å². The van der Waals surface area contributed by atoms with Crippen LogP contribution < -0.4 is 16.1 Å². The van der Waals surface area contributed by atoms with E-state index in [1.54, 1.807) is 7.11 Å². The van der Waals surface area contributed by atoms with E-state index in [1.165, 1.54) is 16.7 Å². The van der Waals surface area contributed by atoms with E-state index < -0.39 is 0 Å². The molecule has 0 bridgehead atoms. The number of aliphatic imine (C=N–C) groups is 1. The minimum absolute atomic E-state index is 0.171. The lowest BCUT2D eigenvalue weighted by atomic mass is 9.82. The zero-order valence-electron chi connectivity index (χ0n) is 19.0. The monoisotopic (exact) mass is 432 g/mol. The molecule has 1 aliphatic heterocycles. The minimum Gasteiger partial charge on any atom is -0.497 e. The quantitative estimate of drug-likeness (QED) is 0.412. The largest absolute Gasteiger partial charge is 0.497 e. The van der Waals surface area contributed by atoms with Gasteiger partial charge in [0.2, 0.25) is 0 Å². The molecule has 0 spiro atoms. The summed E-state index contributed by atoms with van der Waals surface area (Å²) in [6.07, 6.45) is 18.9. The summed E-state index contributed by atoms with van der Waals surface area (Å²) in [6.45, 7) is 8.13. The lowest BCUT2D eigenvalue weighted by molar-refractivity contribution is 0.301. The van der Waals surface area contributed by atoms with Crippen molar-refractivity contribution in [1.29, 1.82) is 0 Å². The highest BCUT2D eigenvalue weighted by molar-refractivity contribution is 5.78. The molecule has 0 saturated carbocycles. The van der Waals surface area contributed by atoms with E-state index in [2.05, 4.69) is 71.0 Å². The maximum absolute atomic E-state index is 5.25. The first-order chi connectivity index (χ1) is 15.6. The summed E-state index contributed by atoms with van der Waals surface area (Å²) in [6, 6.07) is 0.402. The van der Waals surface area contributed by atoms with Gasteiger partial charge in [-0.25, -0.2) is 4.98 Å². The van der Waals surface area contributed by atoms with Crippen LogP contribution in [-0.4, -0.2) is 43.4 Å². The molecule has 1 aromatic rings. The van der Waals surface area contributed by atoms with Gasteiger partial charge in [-0.1, -0.05) is 25.5 Å². The van der Waals surface area contributed by atoms with E-state index in [0.29, 0.717) is 0 Å². The summed E-state index contributed by atoms with van der Waals surface area (Å²) in [5, 5.41) is 11.0. The van der Waals surface area contributed by atoms with Crippen molar-refractivity contribution in [1.82, 2.24) is 21.0 Å². The van der Waals surface area contributed by atoms with Crippen LogP contribution in [0.3, 0.4) is 0 Å². The Morgan fingerprint density at radius 2 is 2.25 bits per heavy atom. The van der Waals surface area contributed by atoms with Gasteiger partial charge in [0.15, 0.2) is 6.29 Å². The maximum Gasteiger partial charge on any atom is 0.173 e. The van der Waals surface area contributed by atoms with Gasteiger partial charge in [-0.15, -0.1) is 0 Å². The molecule has 168 valence electrons. The summed E-state index contributed by atoms with van der Waals surface area (Å²) < 4.78 is 5.25. The zero-order valence-corrected chi connectivity index (χ0v) is 19.0. The van der Waals surface area contributed by atoms with Crippen LogP contribution in [-0.2, 0) is 11.2 Å². The van der Waals surface area contributed by atoms with E-state index in [4.69, 9.17) is 9.72 Å². The van der Waals surface area contributed by atoms with Gasteiger partial charge in [-0.3, -0.25) is 10.3 Å². The maximum atomic E-state index is 5.25. The zero-order chi connectivity index (χ0) is 22.5. The molecule has 7 heteroatoms. The Kier molecular flexibility index (Phi) is 6.85. The molecule has 0 fully saturated rings. The van der Waals surface area contributed by atoms with E-state index in [9.17, 15) is 0 Å². The highest BCUT2D eigenvalue weighted by atomic mass is 16.5. The van der Waals surface area contributed by atoms with Crippen LogP contribution in [0.15, 0.2) is 46.4 Å². The second kappa shape index (κ2) is 9.96. The van der Waals surface area contributed by atoms with Gasteiger partial charge >= 0.3 is 0 Å². The topological polar surface area (TPSA) is 82.9 Å². The first kappa shape index (κ1) is 22.0. The molecule has 7 nitrogen and oxygen atoms in total. The Hall–Kier alpha value is -3.19. The lowest BCUT2D eigenvalue weighted by Gasteiger charge is -2.26. The third kappa shape index (κ3) is 4.53. The molecule has 0 amide bonds. The Morgan fingerprint density at radius 3 is 2.97 bits per heavy atom. The molecule has 4 unspecified atom stereocenters. The number of aromatic nitrogens is 1. The number of methoxy groups -OCH3 is 1. The Labute approximate surface area is 190 Å². The predicted molar refractivity (Wildman–Crippen MR) is 131 cm³/mol. The van der Waals surface area contributed by atoms with Crippen molar-refractivity contribution in [2.45, 2.75) is 57.4 Å². The van der Waals surface area contributed by atoms with Crippen molar-refractivity contribution < 1.29 is 4.74 Å². The standard InChI is InChI=1S/C25H32N6O/c1-5-6-19-16(2)24-20-15-28-31-22(20)11-12-23(24)30-21(19)13-14-27-25(26-3)29-17-7-9-18(32-4)10-8-17/h7,9-15,17,20,22,25,27,29,31H,3,5-6,8H2,1-2,4H3/b14-13+. The molecule has 0 saturated heterocycles. The van der Waals surface area contributed by atoms with Gasteiger partial charge in [0, 0.05) is 24.4 Å². The highest BCUT2D eigenvalue weighted by Crippen LogP contribution is 2.35. The third-order valence-corrected chi connectivity index (χ3v) is 6.17. The molecule has 4 atom stereocenters. The molecule has 0 aromatic carbocycles. The van der Waals surface area contributed by atoms with E-state index in [1.807, 2.05) is 24.6 Å². The number of ether oxygens (including phenoxy) is 1. The van der Waals surface area contributed by atoms with Crippen LogP contribution >= 0.6 is 0 Å². The number of hydrogen-bond donors (Lipinski definition) is 3. The lowest BCUT2D eigenvalue weighted by Crippen LogP contribution is -2.43. The fourth-order valence-corrected chi connectivity index (χ4v) is 4.50. The molecule has 3 aliphatic rings. The number of allylic oxidation sites excluding steroid dienone is 1. The highest BCUT2D eigenvalue weighted by Gasteiger charge is 2.31. The normalized spacial score (nSPS) is 24.0. The van der Waals surface area contributed by atoms with Crippen LogP contribution in [0.25, 0.3) is 12.2 Å². The average molecular weight is 433 g/mol. The molecule has 0 radical (unpaired) electrons. The van der Waals surface area contributed by atoms with Gasteiger partial charge in [0.25, 0.3) is 0 Å². The minimum atomic E-state index is -0.298. The fraction of sp³-hybridized carbons (Fsp3) is 0.400. The molecule has 4 rings (SSSR count). The van der Waals surface area contributed by atoms with Crippen molar-refractivity contribution in [3.05, 3.63) is 64.3 Å². The Balaban J connectivity index is 1.50. The molecule has 1 aromatic heterocycles. The SMILES string of the molecule is C=NC(N/C=C/c1nc2c(c(C)c1CCC)C1C=NNC1C=C2)NC1C=CC(OC)=CC1. The second-order valence-corrected chi connectivity index (χ2v) is 8.23. The van der Waals surface area contributed by atoms with Gasteiger partial charge in [0.1, 0.15) is 5.76 Å². The van der Waals surface area contributed by atoms with E-state index >= 15 is 0 Å². The average Bonchev–Trinajstić information content (AvgIpc) is 3.30. The van der Waals surface area contributed by atoms with Gasteiger partial charge in [-0.2, -0.15) is 5.10 Å². The van der Waals surface area contributed by atoms with Gasteiger partial charge in [0.05, 0.1) is 24.5 Å². The van der Waals surface area contributed by atoms with E-state index in [-0.39, 0.29) is 24.3 Å². The Morgan fingerprint density at radius 1 is 1.38 bits per heavy atom. The van der Waals surface area contributed by atoms with Crippen molar-refractivity contribution in [2.24, 2.45) is 10.1 Å². The summed E-state index contributed by atoms with van der Waals surface area (Å²) in [7, 11) is 1.68. The molecule has 2 heterocycles. The molecular formula is C25H32N6O. The molecule has 3 N–H and O–H groups in total. The number of fused-ring (bicyclic) bond motifs is 3. The number of hydrogen-bond acceptors (Lipinski definition) is 7. The number of nitrogens with zero attached hydrogens (tertiary/aromatic N) is 3. The van der Waals surface area contributed by atoms with Crippen molar-refractivity contribution >= 4 is 25.1 Å². The second-order valence-electron chi connectivity index (χ2n) is 8.23. The van der Waals surface area contributed by atoms with Gasteiger partial charge in [-0.05, 0) is 67.5 Å². The van der Waals surface area contributed by atoms with Crippen LogP contribution in [0.2, 0.25) is 0 Å². The van der Waals surface area contributed by atoms with Crippen LogP contribution in [0.1, 0.15) is 53.8 Å². The van der Waals surface area contributed by atoms with Crippen LogP contribution in [0, 0.1) is 6.92 Å². The predicted octanol–water partition coefficient (Wildman–Crippen LogP) is 3.40. The Bertz CT molecular complexity index is 1010. The number of hydrazone groups is 1. The van der Waals surface area contributed by atoms with Crippen molar-refractivity contribution in [3.63, 3.8) is 0 Å². The van der Waals surface area contributed by atoms with Gasteiger partial charge < -0.3 is 15.5 Å². The summed E-state index contributed by atoms with van der Waals surface area (Å²) in [5.41, 5.74) is 9.10. The third-order valence-electron chi connectivity index (χ3n) is 6.17. The number of rotatable bonds is 9. The smallest absolute Gasteiger partial charge is 0.173 e. The summed E-state index contributed by atoms with van der Waals surface area (Å²) >= 11 is 0. The van der Waals surface area contributed by atoms with Crippen molar-refractivity contribution in [2.75, 3.05) is 7.11 Å². The first-order valence-corrected chi connectivity index (χ1v) is 11.2. The van der Waals surface area contributed by atoms with Crippen LogP contribution in [0.5, 0.6) is 0 Å². The number of pyridine rings is 1. The first-order valence-electron chi connectivity index (χ1n) is 11.2. The summed E-state index contributed by atoms with van der Waals surface area (Å²) in [4.78, 5) is 9.18. The fourth-order valence-electron chi connectivity index (χ4n) is 4.50. The van der Waals surface area contributed by atoms with E-state index in [0.717, 1.165) is 36.4 Å². The molecule has 32 heavy (non-hydrogen) atoms. The molecular weight excluding hydrogens is 400 g/mol. The number of nitrogens with one attached hydrogen (secondary N) is 3. The van der Waals surface area contributed by atoms with Crippen molar-refractivity contribution in [3.8, 4) is 0 Å².